The van der Waals surface area contributed by atoms with E-state index >= 15 is 0 Å². The summed E-state index contributed by atoms with van der Waals surface area (Å²) < 4.78 is 68.8. The van der Waals surface area contributed by atoms with Crippen LogP contribution in [0.4, 0.5) is 0 Å². The third-order valence-electron chi connectivity index (χ3n) is 19.7. The lowest BCUT2D eigenvalue weighted by Gasteiger charge is -2.21. The largest absolute Gasteiger partial charge is 0.472 e. The van der Waals surface area contributed by atoms with Crippen LogP contribution < -0.4 is 0 Å². The van der Waals surface area contributed by atoms with Gasteiger partial charge < -0.3 is 33.8 Å². The Kier molecular flexibility index (Phi) is 71.8. The van der Waals surface area contributed by atoms with Crippen LogP contribution in [-0.4, -0.2) is 96.7 Å². The monoisotopic (exact) mass is 1490 g/mol. The second-order valence-electron chi connectivity index (χ2n) is 31.1. The van der Waals surface area contributed by atoms with Gasteiger partial charge in [0, 0.05) is 25.7 Å². The van der Waals surface area contributed by atoms with Gasteiger partial charge in [0.1, 0.15) is 19.3 Å². The highest BCUT2D eigenvalue weighted by atomic mass is 31.2. The van der Waals surface area contributed by atoms with Crippen LogP contribution in [0.15, 0.2) is 0 Å². The van der Waals surface area contributed by atoms with Crippen molar-refractivity contribution in [1.82, 2.24) is 0 Å². The number of aliphatic hydroxyl groups is 1. The number of phosphoric acid groups is 2. The zero-order valence-corrected chi connectivity index (χ0v) is 68.9. The fraction of sp³-hybridized carbons (Fsp3) is 0.952. The number of hydrogen-bond donors (Lipinski definition) is 3. The zero-order chi connectivity index (χ0) is 75.1. The van der Waals surface area contributed by atoms with Gasteiger partial charge in [-0.15, -0.1) is 0 Å². The third kappa shape index (κ3) is 74.9. The summed E-state index contributed by atoms with van der Waals surface area (Å²) in [6.45, 7) is 12.0. The van der Waals surface area contributed by atoms with Gasteiger partial charge in [0.2, 0.25) is 0 Å². The van der Waals surface area contributed by atoms with Gasteiger partial charge >= 0.3 is 39.5 Å². The van der Waals surface area contributed by atoms with Crippen molar-refractivity contribution in [3.8, 4) is 0 Å². The van der Waals surface area contributed by atoms with E-state index in [1.54, 1.807) is 0 Å². The van der Waals surface area contributed by atoms with Gasteiger partial charge in [-0.1, -0.05) is 382 Å². The fourth-order valence-corrected chi connectivity index (χ4v) is 14.4. The molecule has 0 saturated heterocycles. The number of esters is 4. The Balaban J connectivity index is 5.23. The van der Waals surface area contributed by atoms with E-state index in [0.717, 1.165) is 108 Å². The Bertz CT molecular complexity index is 1980. The zero-order valence-electron chi connectivity index (χ0n) is 67.1. The highest BCUT2D eigenvalue weighted by Crippen LogP contribution is 2.45. The first-order chi connectivity index (χ1) is 49.3. The van der Waals surface area contributed by atoms with Crippen LogP contribution in [0.25, 0.3) is 0 Å². The molecule has 0 aliphatic carbocycles. The van der Waals surface area contributed by atoms with Crippen molar-refractivity contribution < 1.29 is 80.2 Å². The van der Waals surface area contributed by atoms with Crippen molar-refractivity contribution in [2.45, 2.75) is 452 Å². The lowest BCUT2D eigenvalue weighted by molar-refractivity contribution is -0.161. The molecule has 0 aromatic rings. The summed E-state index contributed by atoms with van der Waals surface area (Å²) in [5, 5.41) is 10.7. The Hall–Kier alpha value is -1.94. The Labute approximate surface area is 626 Å². The van der Waals surface area contributed by atoms with Gasteiger partial charge in [-0.25, -0.2) is 9.13 Å². The first kappa shape index (κ1) is 100. The van der Waals surface area contributed by atoms with E-state index in [9.17, 15) is 43.2 Å². The highest BCUT2D eigenvalue weighted by Gasteiger charge is 2.30. The molecule has 0 aromatic carbocycles. The maximum Gasteiger partial charge on any atom is 0.472 e. The molecule has 0 bridgehead atoms. The Morgan fingerprint density at radius 1 is 0.284 bits per heavy atom. The second-order valence-corrected chi connectivity index (χ2v) is 34.0. The van der Waals surface area contributed by atoms with Crippen molar-refractivity contribution in [2.24, 2.45) is 17.8 Å². The molecule has 19 heteroatoms. The van der Waals surface area contributed by atoms with E-state index in [4.69, 9.17) is 37.0 Å². The molecule has 0 aliphatic heterocycles. The minimum absolute atomic E-state index is 0.105. The van der Waals surface area contributed by atoms with E-state index < -0.39 is 97.5 Å². The number of unbranched alkanes of at least 4 members (excludes halogenated alkanes) is 48. The van der Waals surface area contributed by atoms with Gasteiger partial charge in [-0.2, -0.15) is 0 Å². The summed E-state index contributed by atoms with van der Waals surface area (Å²) in [6, 6.07) is 0. The molecule has 606 valence electrons. The summed E-state index contributed by atoms with van der Waals surface area (Å²) in [6.07, 6.45) is 62.5. The number of rotatable bonds is 81. The molecule has 0 spiro atoms. The van der Waals surface area contributed by atoms with Crippen LogP contribution in [0.1, 0.15) is 434 Å². The number of carbonyl (C=O) groups is 4. The molecule has 0 aromatic heterocycles. The molecule has 0 aliphatic rings. The number of hydrogen-bond acceptors (Lipinski definition) is 15. The van der Waals surface area contributed by atoms with Crippen LogP contribution in [0, 0.1) is 17.8 Å². The maximum atomic E-state index is 13.1. The molecule has 0 rings (SSSR count). The van der Waals surface area contributed by atoms with Crippen molar-refractivity contribution in [1.29, 1.82) is 0 Å². The summed E-state index contributed by atoms with van der Waals surface area (Å²) in [5.41, 5.74) is 0. The van der Waals surface area contributed by atoms with Crippen LogP contribution in [0.3, 0.4) is 0 Å². The van der Waals surface area contributed by atoms with Crippen molar-refractivity contribution in [3.05, 3.63) is 0 Å². The quantitative estimate of drug-likeness (QED) is 0.0222. The number of phosphoric ester groups is 2. The molecule has 102 heavy (non-hydrogen) atoms. The first-order valence-electron chi connectivity index (χ1n) is 42.9. The summed E-state index contributed by atoms with van der Waals surface area (Å²) >= 11 is 0. The van der Waals surface area contributed by atoms with E-state index in [2.05, 4.69) is 48.5 Å². The first-order valence-corrected chi connectivity index (χ1v) is 45.9. The van der Waals surface area contributed by atoms with Crippen molar-refractivity contribution in [3.63, 3.8) is 0 Å². The SMILES string of the molecule is CCCCCCCCCCCCCCCCCCC(=O)OC[C@H](COP(=O)(O)OC[C@@H](O)COP(=O)(O)OC[C@@H](COC(=O)CCCCCCCCCCCC(C)C)OC(=O)CCCCCCCCCCCC(C)C)OC(=O)CCCCCCCCCCCCCCCCCCCCC(C)CC. The molecule has 17 nitrogen and oxygen atoms in total. The summed E-state index contributed by atoms with van der Waals surface area (Å²) in [5.74, 6) is 0.242. The van der Waals surface area contributed by atoms with Gasteiger partial charge in [0.25, 0.3) is 0 Å². The topological polar surface area (TPSA) is 237 Å². The van der Waals surface area contributed by atoms with E-state index in [0.29, 0.717) is 25.7 Å². The van der Waals surface area contributed by atoms with E-state index in [1.807, 2.05) is 0 Å². The second kappa shape index (κ2) is 73.2. The van der Waals surface area contributed by atoms with Crippen molar-refractivity contribution in [2.75, 3.05) is 39.6 Å². The predicted octanol–water partition coefficient (Wildman–Crippen LogP) is 24.9. The molecule has 0 amide bonds. The molecule has 0 saturated carbocycles. The van der Waals surface area contributed by atoms with Gasteiger partial charge in [0.05, 0.1) is 26.4 Å². The van der Waals surface area contributed by atoms with E-state index in [1.165, 1.54) is 244 Å². The van der Waals surface area contributed by atoms with Gasteiger partial charge in [-0.05, 0) is 43.4 Å². The van der Waals surface area contributed by atoms with E-state index in [-0.39, 0.29) is 25.7 Å². The molecule has 0 heterocycles. The lowest BCUT2D eigenvalue weighted by atomic mass is 9.99. The number of carbonyl (C=O) groups excluding carboxylic acids is 4. The number of aliphatic hydroxyl groups excluding tert-OH is 1. The molecular weight excluding hydrogens is 1330 g/mol. The molecular formula is C83H162O17P2. The average Bonchev–Trinajstić information content (AvgIpc) is 0.913. The summed E-state index contributed by atoms with van der Waals surface area (Å²) in [7, 11) is -9.92. The Morgan fingerprint density at radius 3 is 0.745 bits per heavy atom. The normalized spacial score (nSPS) is 14.2. The van der Waals surface area contributed by atoms with Gasteiger partial charge in [0.15, 0.2) is 12.2 Å². The van der Waals surface area contributed by atoms with Crippen LogP contribution in [-0.2, 0) is 65.4 Å². The molecule has 0 fully saturated rings. The minimum Gasteiger partial charge on any atom is -0.462 e. The lowest BCUT2D eigenvalue weighted by Crippen LogP contribution is -2.30. The van der Waals surface area contributed by atoms with Crippen LogP contribution in [0.2, 0.25) is 0 Å². The molecule has 6 atom stereocenters. The molecule has 3 N–H and O–H groups in total. The van der Waals surface area contributed by atoms with Gasteiger partial charge in [-0.3, -0.25) is 37.3 Å². The summed E-state index contributed by atoms with van der Waals surface area (Å²) in [4.78, 5) is 73.1. The van der Waals surface area contributed by atoms with Crippen LogP contribution >= 0.6 is 15.6 Å². The Morgan fingerprint density at radius 2 is 0.500 bits per heavy atom. The predicted molar refractivity (Wildman–Crippen MR) is 418 cm³/mol. The van der Waals surface area contributed by atoms with Crippen LogP contribution in [0.5, 0.6) is 0 Å². The minimum atomic E-state index is -4.96. The van der Waals surface area contributed by atoms with Crippen molar-refractivity contribution >= 4 is 39.5 Å². The third-order valence-corrected chi connectivity index (χ3v) is 21.6. The molecule has 0 radical (unpaired) electrons. The fourth-order valence-electron chi connectivity index (χ4n) is 12.8. The number of ether oxygens (including phenoxy) is 4. The molecule has 3 unspecified atom stereocenters. The standard InChI is InChI=1S/C83H162O17P2/c1-8-10-11-12-13-14-15-16-17-23-26-29-36-43-50-57-64-80(85)93-70-78(99-82(87)66-59-52-45-37-30-27-24-21-19-18-20-22-25-28-35-42-49-56-63-76(7)9-2)72-97-101(89,90)95-68-77(84)69-96-102(91,92)98-73-79(100-83(88)67-60-53-46-39-32-34-41-48-55-62-75(5)6)71-94-81(86)65-58-51-44-38-31-33-40-47-54-61-74(3)4/h74-79,84H,8-73H2,1-7H3,(H,89,90)(H,91,92)/t76?,77-,78-,79-/m1/s1. The highest BCUT2D eigenvalue weighted by molar-refractivity contribution is 7.47. The average molecular weight is 1490 g/mol. The smallest absolute Gasteiger partial charge is 0.462 e. The maximum absolute atomic E-state index is 13.1.